The zero-order valence-electron chi connectivity index (χ0n) is 13.4. The Morgan fingerprint density at radius 1 is 1.29 bits per heavy atom. The Labute approximate surface area is 126 Å². The molecule has 3 unspecified atom stereocenters. The second kappa shape index (κ2) is 6.73. The smallest absolute Gasteiger partial charge is 0.149 e. The summed E-state index contributed by atoms with van der Waals surface area (Å²) in [4.78, 5) is 2.12. The van der Waals surface area contributed by atoms with Gasteiger partial charge in [0.2, 0.25) is 0 Å². The van der Waals surface area contributed by atoms with Gasteiger partial charge in [0.05, 0.1) is 5.69 Å². The molecule has 0 aliphatic carbocycles. The highest BCUT2D eigenvalue weighted by molar-refractivity contribution is 5.50. The molecular weight excluding hydrogens is 270 g/mol. The Morgan fingerprint density at radius 3 is 2.57 bits per heavy atom. The van der Waals surface area contributed by atoms with Crippen molar-refractivity contribution in [2.75, 3.05) is 18.0 Å². The van der Waals surface area contributed by atoms with Crippen LogP contribution in [0.15, 0.2) is 18.2 Å². The zero-order valence-corrected chi connectivity index (χ0v) is 13.4. The minimum absolute atomic E-state index is 0.227. The van der Waals surface area contributed by atoms with E-state index in [2.05, 4.69) is 37.9 Å². The van der Waals surface area contributed by atoms with Crippen LogP contribution in [-0.2, 0) is 0 Å². The maximum absolute atomic E-state index is 14.2. The molecule has 1 fully saturated rings. The van der Waals surface area contributed by atoms with E-state index in [0.29, 0.717) is 23.6 Å². The van der Waals surface area contributed by atoms with E-state index in [1.165, 1.54) is 6.07 Å². The summed E-state index contributed by atoms with van der Waals surface area (Å²) in [5.74, 6) is -0.0552. The van der Waals surface area contributed by atoms with Gasteiger partial charge < -0.3 is 10.2 Å². The maximum atomic E-state index is 14.2. The molecule has 0 aromatic heterocycles. The molecule has 0 saturated carbocycles. The number of hydrogen-bond acceptors (Lipinski definition) is 2. The molecule has 0 amide bonds. The first-order valence-corrected chi connectivity index (χ1v) is 7.89. The fourth-order valence-electron chi connectivity index (χ4n) is 3.05. The number of rotatable bonds is 4. The fraction of sp³-hybridized carbons (Fsp3) is 0.647. The minimum atomic E-state index is -0.522. The van der Waals surface area contributed by atoms with Gasteiger partial charge in [0.15, 0.2) is 0 Å². The number of benzene rings is 1. The summed E-state index contributed by atoms with van der Waals surface area (Å²) in [5.41, 5.74) is 0.518. The third kappa shape index (κ3) is 3.54. The molecule has 1 N–H and O–H groups in total. The van der Waals surface area contributed by atoms with Crippen molar-refractivity contribution in [3.63, 3.8) is 0 Å². The Kier molecular flexibility index (Phi) is 5.20. The lowest BCUT2D eigenvalue weighted by molar-refractivity contribution is 0.280. The summed E-state index contributed by atoms with van der Waals surface area (Å²) >= 11 is 0. The van der Waals surface area contributed by atoms with Crippen LogP contribution in [0.3, 0.4) is 0 Å². The number of nitrogens with one attached hydrogen (secondary N) is 1. The molecule has 1 aliphatic heterocycles. The lowest BCUT2D eigenvalue weighted by Gasteiger charge is -2.45. The number of anilines is 1. The molecule has 4 heteroatoms. The largest absolute Gasteiger partial charge is 0.363 e. The van der Waals surface area contributed by atoms with Crippen molar-refractivity contribution in [2.45, 2.75) is 46.2 Å². The van der Waals surface area contributed by atoms with Crippen LogP contribution < -0.4 is 10.2 Å². The van der Waals surface area contributed by atoms with Crippen molar-refractivity contribution in [2.24, 2.45) is 11.8 Å². The van der Waals surface area contributed by atoms with Crippen molar-refractivity contribution >= 4 is 5.69 Å². The average molecular weight is 296 g/mol. The Hall–Kier alpha value is -1.16. The number of nitrogens with zero attached hydrogens (tertiary/aromatic N) is 1. The molecule has 1 aromatic rings. The van der Waals surface area contributed by atoms with E-state index < -0.39 is 11.6 Å². The summed E-state index contributed by atoms with van der Waals surface area (Å²) in [6.07, 6.45) is 1.09. The van der Waals surface area contributed by atoms with E-state index in [-0.39, 0.29) is 6.04 Å². The van der Waals surface area contributed by atoms with Gasteiger partial charge in [-0.3, -0.25) is 0 Å². The predicted octanol–water partition coefficient (Wildman–Crippen LogP) is 3.81. The molecule has 21 heavy (non-hydrogen) atoms. The first-order valence-electron chi connectivity index (χ1n) is 7.89. The molecule has 2 rings (SSSR count). The van der Waals surface area contributed by atoms with Crippen molar-refractivity contribution < 1.29 is 8.78 Å². The number of halogens is 2. The van der Waals surface area contributed by atoms with Gasteiger partial charge >= 0.3 is 0 Å². The standard InChI is InChI=1S/C17H26F2N2/c1-5-12(4)15-10-21(17(9-20-15)11(2)3)16-7-6-13(18)8-14(16)19/h6-8,11-12,15,17,20H,5,9-10H2,1-4H3. The van der Waals surface area contributed by atoms with Crippen LogP contribution in [0.2, 0.25) is 0 Å². The van der Waals surface area contributed by atoms with Gasteiger partial charge in [0.25, 0.3) is 0 Å². The number of piperazine rings is 1. The van der Waals surface area contributed by atoms with E-state index in [1.807, 2.05) is 0 Å². The molecule has 2 nitrogen and oxygen atoms in total. The summed E-state index contributed by atoms with van der Waals surface area (Å²) in [7, 11) is 0. The van der Waals surface area contributed by atoms with Crippen LogP contribution in [0.1, 0.15) is 34.1 Å². The molecule has 1 aromatic carbocycles. The van der Waals surface area contributed by atoms with E-state index >= 15 is 0 Å². The fourth-order valence-corrected chi connectivity index (χ4v) is 3.05. The monoisotopic (exact) mass is 296 g/mol. The Bertz CT molecular complexity index is 476. The highest BCUT2D eigenvalue weighted by atomic mass is 19.1. The molecule has 1 saturated heterocycles. The van der Waals surface area contributed by atoms with Crippen LogP contribution in [0, 0.1) is 23.5 Å². The van der Waals surface area contributed by atoms with Crippen LogP contribution >= 0.6 is 0 Å². The molecular formula is C17H26F2N2. The lowest BCUT2D eigenvalue weighted by atomic mass is 9.91. The zero-order chi connectivity index (χ0) is 15.6. The van der Waals surface area contributed by atoms with Gasteiger partial charge in [-0.05, 0) is 24.0 Å². The molecule has 118 valence electrons. The summed E-state index contributed by atoms with van der Waals surface area (Å²) in [6.45, 7) is 10.3. The van der Waals surface area contributed by atoms with Crippen molar-refractivity contribution in [1.82, 2.24) is 5.32 Å². The maximum Gasteiger partial charge on any atom is 0.149 e. The van der Waals surface area contributed by atoms with Crippen LogP contribution in [0.25, 0.3) is 0 Å². The summed E-state index contributed by atoms with van der Waals surface area (Å²) < 4.78 is 27.3. The van der Waals surface area contributed by atoms with E-state index in [1.54, 1.807) is 6.07 Å². The van der Waals surface area contributed by atoms with E-state index in [9.17, 15) is 8.78 Å². The van der Waals surface area contributed by atoms with Crippen molar-refractivity contribution in [3.8, 4) is 0 Å². The van der Waals surface area contributed by atoms with Gasteiger partial charge in [0.1, 0.15) is 11.6 Å². The topological polar surface area (TPSA) is 15.3 Å². The molecule has 0 radical (unpaired) electrons. The normalized spacial score (nSPS) is 24.4. The van der Waals surface area contributed by atoms with Crippen molar-refractivity contribution in [1.29, 1.82) is 0 Å². The van der Waals surface area contributed by atoms with Gasteiger partial charge in [-0.2, -0.15) is 0 Å². The van der Waals surface area contributed by atoms with Crippen molar-refractivity contribution in [3.05, 3.63) is 29.8 Å². The van der Waals surface area contributed by atoms with Crippen LogP contribution in [0.5, 0.6) is 0 Å². The molecule has 1 aliphatic rings. The van der Waals surface area contributed by atoms with E-state index in [0.717, 1.165) is 25.6 Å². The SMILES string of the molecule is CCC(C)C1CN(c2ccc(F)cc2F)C(C(C)C)CN1. The Morgan fingerprint density at radius 2 is 2.00 bits per heavy atom. The lowest BCUT2D eigenvalue weighted by Crippen LogP contribution is -2.60. The molecule has 3 atom stereocenters. The Balaban J connectivity index is 2.29. The second-order valence-electron chi connectivity index (χ2n) is 6.46. The minimum Gasteiger partial charge on any atom is -0.363 e. The second-order valence-corrected chi connectivity index (χ2v) is 6.46. The van der Waals surface area contributed by atoms with Crippen LogP contribution in [-0.4, -0.2) is 25.2 Å². The molecule has 0 bridgehead atoms. The first-order chi connectivity index (χ1) is 9.93. The highest BCUT2D eigenvalue weighted by Gasteiger charge is 2.33. The third-order valence-electron chi connectivity index (χ3n) is 4.70. The van der Waals surface area contributed by atoms with Gasteiger partial charge in [-0.25, -0.2) is 8.78 Å². The quantitative estimate of drug-likeness (QED) is 0.909. The summed E-state index contributed by atoms with van der Waals surface area (Å²) in [5, 5.41) is 3.59. The van der Waals surface area contributed by atoms with Gasteiger partial charge in [0, 0.05) is 31.2 Å². The third-order valence-corrected chi connectivity index (χ3v) is 4.70. The van der Waals surface area contributed by atoms with Gasteiger partial charge in [-0.1, -0.05) is 34.1 Å². The highest BCUT2D eigenvalue weighted by Crippen LogP contribution is 2.28. The predicted molar refractivity (Wildman–Crippen MR) is 83.6 cm³/mol. The summed E-state index contributed by atoms with van der Waals surface area (Å²) in [6, 6.07) is 4.46. The number of hydrogen-bond donors (Lipinski definition) is 1. The molecule has 1 heterocycles. The molecule has 0 spiro atoms. The van der Waals surface area contributed by atoms with E-state index in [4.69, 9.17) is 0 Å². The first kappa shape index (κ1) is 16.2. The van der Waals surface area contributed by atoms with Crippen LogP contribution in [0.4, 0.5) is 14.5 Å². The van der Waals surface area contributed by atoms with Gasteiger partial charge in [-0.15, -0.1) is 0 Å². The average Bonchev–Trinajstić information content (AvgIpc) is 2.45.